The van der Waals surface area contributed by atoms with Gasteiger partial charge >= 0.3 is 0 Å². The molecule has 5 heteroatoms. The molecule has 0 aliphatic carbocycles. The van der Waals surface area contributed by atoms with Crippen LogP contribution in [0, 0.1) is 6.92 Å². The summed E-state index contributed by atoms with van der Waals surface area (Å²) in [6.45, 7) is 8.65. The average molecular weight is 359 g/mol. The fraction of sp³-hybridized carbons (Fsp3) is 0.500. The van der Waals surface area contributed by atoms with Crippen LogP contribution in [0.2, 0.25) is 0 Å². The van der Waals surface area contributed by atoms with Crippen molar-refractivity contribution in [1.82, 2.24) is 4.98 Å². The van der Waals surface area contributed by atoms with Crippen LogP contribution in [0.5, 0.6) is 0 Å². The summed E-state index contributed by atoms with van der Waals surface area (Å²) in [6, 6.07) is 2.20. The normalized spacial score (nSPS) is 13.8. The van der Waals surface area contributed by atoms with Crippen LogP contribution < -0.4 is 5.73 Å². The monoisotopic (exact) mass is 358 g/mol. The molecule has 2 heterocycles. The Morgan fingerprint density at radius 3 is 2.58 bits per heavy atom. The molecule has 0 aromatic carbocycles. The lowest BCUT2D eigenvalue weighted by Crippen LogP contribution is -2.14. The third-order valence-electron chi connectivity index (χ3n) is 2.96. The molecule has 2 nitrogen and oxygen atoms in total. The van der Waals surface area contributed by atoms with Gasteiger partial charge in [0.2, 0.25) is 0 Å². The maximum atomic E-state index is 6.28. The topological polar surface area (TPSA) is 38.9 Å². The van der Waals surface area contributed by atoms with Crippen molar-refractivity contribution >= 4 is 38.6 Å². The smallest absolute Gasteiger partial charge is 0.0947 e. The van der Waals surface area contributed by atoms with E-state index in [1.165, 1.54) is 14.2 Å². The Morgan fingerprint density at radius 2 is 2.11 bits per heavy atom. The molecule has 0 fully saturated rings. The lowest BCUT2D eigenvalue weighted by atomic mass is 9.93. The summed E-state index contributed by atoms with van der Waals surface area (Å²) >= 11 is 6.98. The SMILES string of the molecule is Cc1cc(C(N)Cc2nc(C(C)(C)C)cs2)sc1Br. The quantitative estimate of drug-likeness (QED) is 0.854. The van der Waals surface area contributed by atoms with E-state index in [1.54, 1.807) is 22.7 Å². The molecular formula is C14H19BrN2S2. The van der Waals surface area contributed by atoms with Crippen LogP contribution in [-0.2, 0) is 11.8 Å². The van der Waals surface area contributed by atoms with Gasteiger partial charge in [-0.15, -0.1) is 22.7 Å². The molecule has 19 heavy (non-hydrogen) atoms. The van der Waals surface area contributed by atoms with E-state index in [1.807, 2.05) is 0 Å². The minimum absolute atomic E-state index is 0.0361. The number of nitrogens with zero attached hydrogens (tertiary/aromatic N) is 1. The predicted molar refractivity (Wildman–Crippen MR) is 88.2 cm³/mol. The first kappa shape index (κ1) is 15.2. The third kappa shape index (κ3) is 3.66. The maximum Gasteiger partial charge on any atom is 0.0947 e. The summed E-state index contributed by atoms with van der Waals surface area (Å²) < 4.78 is 1.17. The Morgan fingerprint density at radius 1 is 1.42 bits per heavy atom. The lowest BCUT2D eigenvalue weighted by molar-refractivity contribution is 0.569. The Labute approximate surface area is 131 Å². The van der Waals surface area contributed by atoms with E-state index in [2.05, 4.69) is 55.1 Å². The summed E-state index contributed by atoms with van der Waals surface area (Å²) in [7, 11) is 0. The number of aromatic nitrogens is 1. The highest BCUT2D eigenvalue weighted by Crippen LogP contribution is 2.32. The zero-order chi connectivity index (χ0) is 14.2. The summed E-state index contributed by atoms with van der Waals surface area (Å²) in [6.07, 6.45) is 0.813. The van der Waals surface area contributed by atoms with Crippen molar-refractivity contribution in [3.63, 3.8) is 0 Å². The molecule has 2 aromatic heterocycles. The van der Waals surface area contributed by atoms with E-state index < -0.39 is 0 Å². The zero-order valence-electron chi connectivity index (χ0n) is 11.7. The van der Waals surface area contributed by atoms with Gasteiger partial charge in [-0.2, -0.15) is 0 Å². The van der Waals surface area contributed by atoms with Crippen LogP contribution in [0.1, 0.15) is 48.0 Å². The standard InChI is InChI=1S/C14H19BrN2S2/c1-8-5-10(19-13(8)15)9(16)6-12-17-11(7-18-12)14(2,3)4/h5,7,9H,6,16H2,1-4H3. The third-order valence-corrected chi connectivity index (χ3v) is 6.10. The highest BCUT2D eigenvalue weighted by Gasteiger charge is 2.19. The van der Waals surface area contributed by atoms with Gasteiger partial charge in [-0.05, 0) is 34.5 Å². The molecule has 0 saturated carbocycles. The Kier molecular flexibility index (Phi) is 4.50. The van der Waals surface area contributed by atoms with E-state index in [0.717, 1.165) is 17.1 Å². The molecule has 0 spiro atoms. The number of rotatable bonds is 3. The van der Waals surface area contributed by atoms with E-state index in [9.17, 15) is 0 Å². The van der Waals surface area contributed by atoms with Crippen molar-refractivity contribution in [1.29, 1.82) is 0 Å². The minimum Gasteiger partial charge on any atom is -0.323 e. The van der Waals surface area contributed by atoms with Crippen molar-refractivity contribution in [3.8, 4) is 0 Å². The molecule has 1 atom stereocenters. The first-order valence-corrected chi connectivity index (χ1v) is 8.72. The molecule has 0 bridgehead atoms. The first-order valence-electron chi connectivity index (χ1n) is 6.23. The molecule has 2 rings (SSSR count). The molecule has 0 amide bonds. The molecule has 0 saturated heterocycles. The number of hydrogen-bond acceptors (Lipinski definition) is 4. The molecule has 0 aliphatic rings. The number of thiophene rings is 1. The fourth-order valence-electron chi connectivity index (χ4n) is 1.70. The Balaban J connectivity index is 2.11. The van der Waals surface area contributed by atoms with E-state index in [4.69, 9.17) is 10.7 Å². The first-order chi connectivity index (χ1) is 8.77. The second-order valence-electron chi connectivity index (χ2n) is 5.79. The number of nitrogens with two attached hydrogens (primary N) is 1. The maximum absolute atomic E-state index is 6.28. The second-order valence-corrected chi connectivity index (χ2v) is 9.14. The molecule has 1 unspecified atom stereocenters. The number of thiazole rings is 1. The highest BCUT2D eigenvalue weighted by molar-refractivity contribution is 9.11. The lowest BCUT2D eigenvalue weighted by Gasteiger charge is -2.14. The van der Waals surface area contributed by atoms with Crippen LogP contribution in [0.15, 0.2) is 15.2 Å². The van der Waals surface area contributed by atoms with Crippen LogP contribution in [0.3, 0.4) is 0 Å². The van der Waals surface area contributed by atoms with Gasteiger partial charge in [0.25, 0.3) is 0 Å². The summed E-state index contributed by atoms with van der Waals surface area (Å²) in [4.78, 5) is 5.93. The van der Waals surface area contributed by atoms with Crippen molar-refractivity contribution < 1.29 is 0 Å². The van der Waals surface area contributed by atoms with Crippen molar-refractivity contribution in [2.24, 2.45) is 5.73 Å². The number of hydrogen-bond donors (Lipinski definition) is 1. The minimum atomic E-state index is 0.0361. The highest BCUT2D eigenvalue weighted by atomic mass is 79.9. The predicted octanol–water partition coefficient (Wildman–Crippen LogP) is 4.82. The van der Waals surface area contributed by atoms with E-state index in [-0.39, 0.29) is 11.5 Å². The number of halogens is 1. The largest absolute Gasteiger partial charge is 0.323 e. The molecule has 0 aliphatic heterocycles. The second kappa shape index (κ2) is 5.64. The van der Waals surface area contributed by atoms with E-state index in [0.29, 0.717) is 0 Å². The van der Waals surface area contributed by atoms with Gasteiger partial charge in [0.1, 0.15) is 0 Å². The number of aryl methyl sites for hydroxylation is 1. The molecule has 2 aromatic rings. The molecule has 2 N–H and O–H groups in total. The van der Waals surface area contributed by atoms with Crippen molar-refractivity contribution in [2.75, 3.05) is 0 Å². The van der Waals surface area contributed by atoms with Gasteiger partial charge in [0.15, 0.2) is 0 Å². The van der Waals surface area contributed by atoms with Gasteiger partial charge in [0.05, 0.1) is 14.5 Å². The summed E-state index contributed by atoms with van der Waals surface area (Å²) in [5.41, 5.74) is 8.81. The molecular weight excluding hydrogens is 340 g/mol. The van der Waals surface area contributed by atoms with Crippen LogP contribution in [0.25, 0.3) is 0 Å². The van der Waals surface area contributed by atoms with Crippen LogP contribution >= 0.6 is 38.6 Å². The van der Waals surface area contributed by atoms with Gasteiger partial charge < -0.3 is 5.73 Å². The van der Waals surface area contributed by atoms with Gasteiger partial charge in [0, 0.05) is 28.1 Å². The average Bonchev–Trinajstić information content (AvgIpc) is 2.86. The van der Waals surface area contributed by atoms with Gasteiger partial charge in [-0.25, -0.2) is 4.98 Å². The Hall–Kier alpha value is -0.230. The van der Waals surface area contributed by atoms with Crippen molar-refractivity contribution in [2.45, 2.75) is 45.6 Å². The van der Waals surface area contributed by atoms with Gasteiger partial charge in [-0.3, -0.25) is 0 Å². The van der Waals surface area contributed by atoms with Crippen LogP contribution in [0.4, 0.5) is 0 Å². The van der Waals surface area contributed by atoms with Gasteiger partial charge in [-0.1, -0.05) is 20.8 Å². The van der Waals surface area contributed by atoms with Crippen molar-refractivity contribution in [3.05, 3.63) is 36.4 Å². The Bertz CT molecular complexity index is 547. The van der Waals surface area contributed by atoms with E-state index >= 15 is 0 Å². The fourth-order valence-corrected chi connectivity index (χ4v) is 4.36. The summed E-state index contributed by atoms with van der Waals surface area (Å²) in [5.74, 6) is 0. The summed E-state index contributed by atoms with van der Waals surface area (Å²) in [5, 5.41) is 3.28. The zero-order valence-corrected chi connectivity index (χ0v) is 14.9. The van der Waals surface area contributed by atoms with Crippen LogP contribution in [-0.4, -0.2) is 4.98 Å². The molecule has 0 radical (unpaired) electrons. The molecule has 104 valence electrons.